The molecule has 28 heavy (non-hydrogen) atoms. The Morgan fingerprint density at radius 1 is 1.32 bits per heavy atom. The second-order valence-corrected chi connectivity index (χ2v) is 7.88. The Bertz CT molecular complexity index is 995. The van der Waals surface area contributed by atoms with Gasteiger partial charge in [0.05, 0.1) is 25.0 Å². The van der Waals surface area contributed by atoms with Crippen LogP contribution in [0.15, 0.2) is 29.1 Å². The largest absolute Gasteiger partial charge is 0.453 e. The summed E-state index contributed by atoms with van der Waals surface area (Å²) in [6.45, 7) is 3.78. The second-order valence-electron chi connectivity index (χ2n) is 7.45. The summed E-state index contributed by atoms with van der Waals surface area (Å²) in [6.07, 6.45) is 1.92. The van der Waals surface area contributed by atoms with Crippen LogP contribution in [0.1, 0.15) is 32.0 Å². The minimum Gasteiger partial charge on any atom is -0.453 e. The molecule has 1 saturated carbocycles. The van der Waals surface area contributed by atoms with Gasteiger partial charge in [0, 0.05) is 23.1 Å². The van der Waals surface area contributed by atoms with Crippen molar-refractivity contribution < 1.29 is 14.3 Å². The molecule has 1 aromatic heterocycles. The van der Waals surface area contributed by atoms with Crippen LogP contribution in [0.5, 0.6) is 0 Å². The molecule has 1 N–H and O–H groups in total. The average molecular weight is 404 g/mol. The number of nitrogens with one attached hydrogen (secondary N) is 1. The number of halogens is 1. The van der Waals surface area contributed by atoms with E-state index in [1.807, 2.05) is 0 Å². The number of anilines is 1. The lowest BCUT2D eigenvalue weighted by Gasteiger charge is -2.14. The highest BCUT2D eigenvalue weighted by Crippen LogP contribution is 2.48. The summed E-state index contributed by atoms with van der Waals surface area (Å²) in [7, 11) is 1.25. The predicted octanol–water partition coefficient (Wildman–Crippen LogP) is 3.81. The fourth-order valence-corrected chi connectivity index (χ4v) is 3.23. The van der Waals surface area contributed by atoms with Gasteiger partial charge >= 0.3 is 6.09 Å². The molecule has 1 fully saturated rings. The van der Waals surface area contributed by atoms with Crippen molar-refractivity contribution in [2.45, 2.75) is 39.7 Å². The molecule has 0 saturated heterocycles. The number of aromatic nitrogens is 2. The third-order valence-corrected chi connectivity index (χ3v) is 5.18. The Morgan fingerprint density at radius 3 is 2.64 bits per heavy atom. The molecular formula is C20H22ClN3O4. The van der Waals surface area contributed by atoms with Gasteiger partial charge in [-0.15, -0.1) is 0 Å². The SMILES string of the molecule is COC(=O)Nc1cc(Cl)ccc1-c1cc(=O)n(CC(=O)CC2(C)CC2)c(C)n1. The molecule has 1 amide bonds. The summed E-state index contributed by atoms with van der Waals surface area (Å²) in [5.41, 5.74) is 1.05. The van der Waals surface area contributed by atoms with Crippen molar-refractivity contribution in [3.8, 4) is 11.3 Å². The molecular weight excluding hydrogens is 382 g/mol. The number of rotatable bonds is 6. The Morgan fingerprint density at radius 2 is 2.04 bits per heavy atom. The van der Waals surface area contributed by atoms with Gasteiger partial charge in [-0.25, -0.2) is 9.78 Å². The van der Waals surface area contributed by atoms with E-state index in [4.69, 9.17) is 11.6 Å². The minimum atomic E-state index is -0.659. The van der Waals surface area contributed by atoms with Crippen LogP contribution >= 0.6 is 11.6 Å². The highest BCUT2D eigenvalue weighted by molar-refractivity contribution is 6.31. The number of aryl methyl sites for hydroxylation is 1. The Kier molecular flexibility index (Phi) is 5.56. The van der Waals surface area contributed by atoms with Gasteiger partial charge in [-0.2, -0.15) is 0 Å². The summed E-state index contributed by atoms with van der Waals surface area (Å²) < 4.78 is 6.00. The Balaban J connectivity index is 1.91. The van der Waals surface area contributed by atoms with Gasteiger partial charge in [-0.1, -0.05) is 18.5 Å². The first kappa shape index (κ1) is 20.1. The number of ether oxygens (including phenoxy) is 1. The van der Waals surface area contributed by atoms with Crippen LogP contribution in [0.4, 0.5) is 10.5 Å². The third-order valence-electron chi connectivity index (χ3n) is 4.94. The molecule has 8 heteroatoms. The smallest absolute Gasteiger partial charge is 0.411 e. The average Bonchev–Trinajstić information content (AvgIpc) is 3.34. The van der Waals surface area contributed by atoms with Crippen molar-refractivity contribution in [1.29, 1.82) is 0 Å². The van der Waals surface area contributed by atoms with Crippen LogP contribution in [-0.4, -0.2) is 28.5 Å². The van der Waals surface area contributed by atoms with E-state index in [9.17, 15) is 14.4 Å². The molecule has 1 heterocycles. The molecule has 0 bridgehead atoms. The Labute approximate surface area is 167 Å². The zero-order chi connectivity index (χ0) is 20.5. The molecule has 2 aromatic rings. The number of Topliss-reactive ketones (excluding diaryl/α,β-unsaturated/α-hetero) is 1. The first-order chi connectivity index (χ1) is 13.2. The van der Waals surface area contributed by atoms with E-state index in [-0.39, 0.29) is 23.3 Å². The monoisotopic (exact) mass is 403 g/mol. The summed E-state index contributed by atoms with van der Waals surface area (Å²) >= 11 is 6.02. The maximum absolute atomic E-state index is 12.6. The molecule has 1 aliphatic carbocycles. The van der Waals surface area contributed by atoms with Crippen molar-refractivity contribution >= 4 is 29.2 Å². The lowest BCUT2D eigenvalue weighted by atomic mass is 10.0. The number of amides is 1. The summed E-state index contributed by atoms with van der Waals surface area (Å²) in [6, 6.07) is 6.21. The van der Waals surface area contributed by atoms with Crippen LogP contribution in [0.25, 0.3) is 11.3 Å². The van der Waals surface area contributed by atoms with Crippen molar-refractivity contribution in [3.05, 3.63) is 45.5 Å². The number of carbonyl (C=O) groups is 2. The first-order valence-electron chi connectivity index (χ1n) is 8.96. The molecule has 0 atom stereocenters. The molecule has 3 rings (SSSR count). The minimum absolute atomic E-state index is 0.0153. The van der Waals surface area contributed by atoms with Gasteiger partial charge in [0.2, 0.25) is 0 Å². The summed E-state index contributed by atoms with van der Waals surface area (Å²) in [5.74, 6) is 0.454. The second kappa shape index (κ2) is 7.75. The van der Waals surface area contributed by atoms with Crippen LogP contribution < -0.4 is 10.9 Å². The number of benzene rings is 1. The number of methoxy groups -OCH3 is 1. The number of carbonyl (C=O) groups excluding carboxylic acids is 2. The highest BCUT2D eigenvalue weighted by Gasteiger charge is 2.38. The van der Waals surface area contributed by atoms with Crippen molar-refractivity contribution in [2.75, 3.05) is 12.4 Å². The quantitative estimate of drug-likeness (QED) is 0.791. The lowest BCUT2D eigenvalue weighted by molar-refractivity contribution is -0.120. The van der Waals surface area contributed by atoms with Gasteiger partial charge in [0.1, 0.15) is 5.82 Å². The molecule has 1 aliphatic rings. The van der Waals surface area contributed by atoms with E-state index >= 15 is 0 Å². The number of hydrogen-bond acceptors (Lipinski definition) is 5. The van der Waals surface area contributed by atoms with E-state index in [0.29, 0.717) is 34.2 Å². The highest BCUT2D eigenvalue weighted by atomic mass is 35.5. The van der Waals surface area contributed by atoms with Gasteiger partial charge in [-0.05, 0) is 43.4 Å². The zero-order valence-corrected chi connectivity index (χ0v) is 16.8. The fourth-order valence-electron chi connectivity index (χ4n) is 3.05. The summed E-state index contributed by atoms with van der Waals surface area (Å²) in [4.78, 5) is 41.0. The maximum Gasteiger partial charge on any atom is 0.411 e. The third kappa shape index (κ3) is 4.59. The van der Waals surface area contributed by atoms with Gasteiger partial charge in [0.25, 0.3) is 5.56 Å². The molecule has 7 nitrogen and oxygen atoms in total. The fraction of sp³-hybridized carbons (Fsp3) is 0.400. The lowest BCUT2D eigenvalue weighted by Crippen LogP contribution is -2.28. The molecule has 1 aromatic carbocycles. The summed E-state index contributed by atoms with van der Waals surface area (Å²) in [5, 5.41) is 2.99. The predicted molar refractivity (Wildman–Crippen MR) is 107 cm³/mol. The van der Waals surface area contributed by atoms with Gasteiger partial charge < -0.3 is 4.74 Å². The topological polar surface area (TPSA) is 90.3 Å². The first-order valence-corrected chi connectivity index (χ1v) is 9.34. The van der Waals surface area contributed by atoms with E-state index in [1.54, 1.807) is 25.1 Å². The molecule has 0 spiro atoms. The number of hydrogen-bond donors (Lipinski definition) is 1. The molecule has 0 radical (unpaired) electrons. The maximum atomic E-state index is 12.6. The normalized spacial score (nSPS) is 14.4. The van der Waals surface area contributed by atoms with Crippen LogP contribution in [0.2, 0.25) is 5.02 Å². The van der Waals surface area contributed by atoms with Gasteiger partial charge in [0.15, 0.2) is 5.78 Å². The van der Waals surface area contributed by atoms with E-state index in [1.165, 1.54) is 17.7 Å². The Hall–Kier alpha value is -2.67. The number of nitrogens with zero attached hydrogens (tertiary/aromatic N) is 2. The zero-order valence-electron chi connectivity index (χ0n) is 16.0. The van der Waals surface area contributed by atoms with E-state index in [0.717, 1.165) is 12.8 Å². The van der Waals surface area contributed by atoms with Crippen molar-refractivity contribution in [3.63, 3.8) is 0 Å². The van der Waals surface area contributed by atoms with Crippen molar-refractivity contribution in [1.82, 2.24) is 9.55 Å². The van der Waals surface area contributed by atoms with E-state index < -0.39 is 6.09 Å². The molecule has 0 aliphatic heterocycles. The van der Waals surface area contributed by atoms with Crippen molar-refractivity contribution in [2.24, 2.45) is 5.41 Å². The van der Waals surface area contributed by atoms with Gasteiger partial charge in [-0.3, -0.25) is 19.5 Å². The number of ketones is 1. The standard InChI is InChI=1S/C20H22ClN3O4/c1-12-22-17(15-5-4-13(21)8-16(15)23-19(27)28-3)9-18(26)24(12)11-14(25)10-20(2)6-7-20/h4-5,8-9H,6-7,10-11H2,1-3H3,(H,23,27). The van der Waals surface area contributed by atoms with E-state index in [2.05, 4.69) is 22.0 Å². The molecule has 148 valence electrons. The van der Waals surface area contributed by atoms with Crippen LogP contribution in [0, 0.1) is 12.3 Å². The molecule has 0 unspecified atom stereocenters. The van der Waals surface area contributed by atoms with Crippen LogP contribution in [0.3, 0.4) is 0 Å². The van der Waals surface area contributed by atoms with Crippen LogP contribution in [-0.2, 0) is 16.1 Å².